The maximum absolute atomic E-state index is 13.8. The molecule has 0 saturated carbocycles. The van der Waals surface area contributed by atoms with Gasteiger partial charge in [-0.05, 0) is 49.1 Å². The van der Waals surface area contributed by atoms with Gasteiger partial charge in [-0.1, -0.05) is 30.3 Å². The summed E-state index contributed by atoms with van der Waals surface area (Å²) in [6.07, 6.45) is 0.467. The zero-order valence-electron chi connectivity index (χ0n) is 15.3. The van der Waals surface area contributed by atoms with Crippen LogP contribution in [0.1, 0.15) is 34.0 Å². The number of hydrogen-bond acceptors (Lipinski definition) is 2. The molecule has 26 heavy (non-hydrogen) atoms. The Labute approximate surface area is 153 Å². The molecular formula is C21H23FN2O2. The van der Waals surface area contributed by atoms with Gasteiger partial charge in [-0.25, -0.2) is 4.39 Å². The second kappa shape index (κ2) is 7.28. The van der Waals surface area contributed by atoms with Gasteiger partial charge >= 0.3 is 0 Å². The second-order valence-electron chi connectivity index (χ2n) is 6.85. The minimum atomic E-state index is -0.480. The summed E-state index contributed by atoms with van der Waals surface area (Å²) in [4.78, 5) is 28.6. The zero-order valence-corrected chi connectivity index (χ0v) is 15.3. The van der Waals surface area contributed by atoms with Crippen LogP contribution in [0.5, 0.6) is 0 Å². The van der Waals surface area contributed by atoms with Gasteiger partial charge in [0.25, 0.3) is 5.91 Å². The molecule has 1 aliphatic heterocycles. The lowest BCUT2D eigenvalue weighted by Gasteiger charge is -2.37. The molecule has 0 bridgehead atoms. The Balaban J connectivity index is 1.88. The van der Waals surface area contributed by atoms with Gasteiger partial charge in [0.2, 0.25) is 5.91 Å². The molecule has 0 aromatic heterocycles. The summed E-state index contributed by atoms with van der Waals surface area (Å²) < 4.78 is 13.8. The Morgan fingerprint density at radius 1 is 1.19 bits per heavy atom. The number of likely N-dealkylation sites (N-methyl/N-ethyl adjacent to an activating group) is 1. The smallest absolute Gasteiger partial charge is 0.254 e. The highest BCUT2D eigenvalue weighted by Crippen LogP contribution is 2.20. The second-order valence-corrected chi connectivity index (χ2v) is 6.85. The number of amides is 2. The fraction of sp³-hybridized carbons (Fsp3) is 0.333. The summed E-state index contributed by atoms with van der Waals surface area (Å²) in [5, 5.41) is 0. The molecular weight excluding hydrogens is 331 g/mol. The molecule has 2 aromatic rings. The van der Waals surface area contributed by atoms with Crippen molar-refractivity contribution >= 4 is 11.8 Å². The number of carbonyl (C=O) groups is 2. The lowest BCUT2D eigenvalue weighted by molar-refractivity contribution is -0.137. The molecule has 2 aromatic carbocycles. The monoisotopic (exact) mass is 354 g/mol. The Hall–Kier alpha value is -2.69. The van der Waals surface area contributed by atoms with Crippen molar-refractivity contribution in [3.05, 3.63) is 70.5 Å². The molecule has 2 amide bonds. The van der Waals surface area contributed by atoms with Crippen LogP contribution in [0.3, 0.4) is 0 Å². The van der Waals surface area contributed by atoms with E-state index in [0.29, 0.717) is 30.6 Å². The highest BCUT2D eigenvalue weighted by molar-refractivity contribution is 5.99. The van der Waals surface area contributed by atoms with Crippen molar-refractivity contribution in [1.29, 1.82) is 0 Å². The van der Waals surface area contributed by atoms with Gasteiger partial charge in [0, 0.05) is 25.7 Å². The molecule has 1 heterocycles. The van der Waals surface area contributed by atoms with Crippen LogP contribution in [0.25, 0.3) is 0 Å². The molecule has 0 aliphatic carbocycles. The lowest BCUT2D eigenvalue weighted by Crippen LogP contribution is -2.56. The van der Waals surface area contributed by atoms with Gasteiger partial charge < -0.3 is 9.80 Å². The first-order valence-electron chi connectivity index (χ1n) is 8.77. The molecule has 0 N–H and O–H groups in total. The molecule has 0 radical (unpaired) electrons. The molecule has 1 fully saturated rings. The molecule has 0 unspecified atom stereocenters. The number of rotatable bonds is 3. The Kier molecular flexibility index (Phi) is 5.07. The number of aryl methyl sites for hydroxylation is 1. The van der Waals surface area contributed by atoms with E-state index >= 15 is 0 Å². The average molecular weight is 354 g/mol. The number of halogens is 1. The topological polar surface area (TPSA) is 40.6 Å². The molecule has 1 atom stereocenters. The van der Waals surface area contributed by atoms with E-state index < -0.39 is 6.04 Å². The SMILES string of the molecule is Cc1ccc(Cc2ccccc2C(=O)N2CCN(C)C(=O)[C@H]2C)cc1F. The summed E-state index contributed by atoms with van der Waals surface area (Å²) in [5.41, 5.74) is 2.82. The minimum Gasteiger partial charge on any atom is -0.342 e. The summed E-state index contributed by atoms with van der Waals surface area (Å²) in [5.74, 6) is -0.450. The largest absolute Gasteiger partial charge is 0.342 e. The highest BCUT2D eigenvalue weighted by atomic mass is 19.1. The van der Waals surface area contributed by atoms with Gasteiger partial charge in [0.05, 0.1) is 0 Å². The van der Waals surface area contributed by atoms with E-state index in [0.717, 1.165) is 11.1 Å². The summed E-state index contributed by atoms with van der Waals surface area (Å²) in [6.45, 7) is 4.52. The number of hydrogen-bond donors (Lipinski definition) is 0. The lowest BCUT2D eigenvalue weighted by atomic mass is 9.97. The van der Waals surface area contributed by atoms with Gasteiger partial charge in [-0.2, -0.15) is 0 Å². The van der Waals surface area contributed by atoms with Crippen LogP contribution in [-0.4, -0.2) is 47.8 Å². The molecule has 0 spiro atoms. The minimum absolute atomic E-state index is 0.0531. The van der Waals surface area contributed by atoms with Crippen LogP contribution in [0.15, 0.2) is 42.5 Å². The van der Waals surface area contributed by atoms with Crippen molar-refractivity contribution in [1.82, 2.24) is 9.80 Å². The molecule has 1 aliphatic rings. The summed E-state index contributed by atoms with van der Waals surface area (Å²) in [6, 6.07) is 12.0. The van der Waals surface area contributed by atoms with Crippen LogP contribution in [-0.2, 0) is 11.2 Å². The fourth-order valence-electron chi connectivity index (χ4n) is 3.30. The zero-order chi connectivity index (χ0) is 18.8. The van der Waals surface area contributed by atoms with Gasteiger partial charge in [0.15, 0.2) is 0 Å². The number of benzene rings is 2. The third kappa shape index (κ3) is 3.47. The van der Waals surface area contributed by atoms with E-state index in [-0.39, 0.29) is 17.6 Å². The van der Waals surface area contributed by atoms with Gasteiger partial charge in [0.1, 0.15) is 11.9 Å². The number of nitrogens with zero attached hydrogens (tertiary/aromatic N) is 2. The van der Waals surface area contributed by atoms with E-state index in [9.17, 15) is 14.0 Å². The van der Waals surface area contributed by atoms with Crippen molar-refractivity contribution in [2.45, 2.75) is 26.3 Å². The van der Waals surface area contributed by atoms with Crippen molar-refractivity contribution < 1.29 is 14.0 Å². The average Bonchev–Trinajstić information content (AvgIpc) is 2.63. The normalized spacial score (nSPS) is 17.5. The first-order valence-corrected chi connectivity index (χ1v) is 8.77. The molecule has 5 heteroatoms. The van der Waals surface area contributed by atoms with Crippen LogP contribution in [0.4, 0.5) is 4.39 Å². The van der Waals surface area contributed by atoms with Crippen LogP contribution < -0.4 is 0 Å². The fourth-order valence-corrected chi connectivity index (χ4v) is 3.30. The van der Waals surface area contributed by atoms with E-state index in [4.69, 9.17) is 0 Å². The van der Waals surface area contributed by atoms with Gasteiger partial charge in [-0.3, -0.25) is 9.59 Å². The number of piperazine rings is 1. The van der Waals surface area contributed by atoms with Crippen molar-refractivity contribution in [3.63, 3.8) is 0 Å². The van der Waals surface area contributed by atoms with Gasteiger partial charge in [-0.15, -0.1) is 0 Å². The molecule has 1 saturated heterocycles. The van der Waals surface area contributed by atoms with Crippen molar-refractivity contribution in [2.24, 2.45) is 0 Å². The molecule has 136 valence electrons. The maximum Gasteiger partial charge on any atom is 0.254 e. The predicted molar refractivity (Wildman–Crippen MR) is 98.5 cm³/mol. The first kappa shape index (κ1) is 18.1. The van der Waals surface area contributed by atoms with Crippen LogP contribution in [0.2, 0.25) is 0 Å². The van der Waals surface area contributed by atoms with Crippen molar-refractivity contribution in [2.75, 3.05) is 20.1 Å². The van der Waals surface area contributed by atoms with Crippen LogP contribution >= 0.6 is 0 Å². The Morgan fingerprint density at radius 3 is 2.65 bits per heavy atom. The standard InChI is InChI=1S/C21H23FN2O2/c1-14-8-9-16(13-19(14)22)12-17-6-4-5-7-18(17)21(26)24-11-10-23(3)20(25)15(24)2/h4-9,13,15H,10-12H2,1-3H3/t15-/m1/s1. The van der Waals surface area contributed by atoms with E-state index in [1.807, 2.05) is 24.3 Å². The molecule has 3 rings (SSSR count). The highest BCUT2D eigenvalue weighted by Gasteiger charge is 2.33. The van der Waals surface area contributed by atoms with E-state index in [1.165, 1.54) is 6.07 Å². The van der Waals surface area contributed by atoms with Crippen LogP contribution in [0, 0.1) is 12.7 Å². The summed E-state index contributed by atoms with van der Waals surface area (Å²) >= 11 is 0. The van der Waals surface area contributed by atoms with E-state index in [2.05, 4.69) is 0 Å². The maximum atomic E-state index is 13.8. The third-order valence-corrected chi connectivity index (χ3v) is 5.02. The number of carbonyl (C=O) groups excluding carboxylic acids is 2. The third-order valence-electron chi connectivity index (χ3n) is 5.02. The van der Waals surface area contributed by atoms with E-state index in [1.54, 1.807) is 42.8 Å². The Morgan fingerprint density at radius 2 is 1.92 bits per heavy atom. The quantitative estimate of drug-likeness (QED) is 0.850. The Bertz CT molecular complexity index is 850. The molecule has 4 nitrogen and oxygen atoms in total. The predicted octanol–water partition coefficient (Wildman–Crippen LogP) is 3.03. The van der Waals surface area contributed by atoms with Crippen molar-refractivity contribution in [3.8, 4) is 0 Å². The summed E-state index contributed by atoms with van der Waals surface area (Å²) in [7, 11) is 1.75. The first-order chi connectivity index (χ1) is 12.4.